The molecule has 3 N–H and O–H groups in total. The van der Waals surface area contributed by atoms with Crippen molar-refractivity contribution in [1.29, 1.82) is 0 Å². The van der Waals surface area contributed by atoms with Gasteiger partial charge in [-0.05, 0) is 19.4 Å². The Labute approximate surface area is 77.2 Å². The summed E-state index contributed by atoms with van der Waals surface area (Å²) in [4.78, 5) is 0. The largest absolute Gasteiger partial charge is 0.508 e. The first kappa shape index (κ1) is 9.99. The molecule has 13 heavy (non-hydrogen) atoms. The van der Waals surface area contributed by atoms with Crippen molar-refractivity contribution in [2.75, 3.05) is 0 Å². The molecule has 0 aliphatic rings. The van der Waals surface area contributed by atoms with E-state index in [1.54, 1.807) is 25.1 Å². The van der Waals surface area contributed by atoms with Gasteiger partial charge >= 0.3 is 0 Å². The molecule has 0 bridgehead atoms. The Hall–Kier alpha value is -1.09. The Balaban J connectivity index is 2.76. The van der Waals surface area contributed by atoms with Crippen LogP contribution in [0.2, 0.25) is 0 Å². The van der Waals surface area contributed by atoms with Gasteiger partial charge in [-0.15, -0.1) is 0 Å². The number of phenols is 1. The lowest BCUT2D eigenvalue weighted by Gasteiger charge is -2.11. The Morgan fingerprint density at radius 3 is 2.62 bits per heavy atom. The molecule has 0 fully saturated rings. The third-order valence-electron chi connectivity index (χ3n) is 1.85. The van der Waals surface area contributed by atoms with Crippen molar-refractivity contribution in [3.63, 3.8) is 0 Å². The van der Waals surface area contributed by atoms with E-state index in [9.17, 15) is 9.50 Å². The highest BCUT2D eigenvalue weighted by molar-refractivity contribution is 5.33. The van der Waals surface area contributed by atoms with Gasteiger partial charge in [-0.3, -0.25) is 0 Å². The summed E-state index contributed by atoms with van der Waals surface area (Å²) in [5.41, 5.74) is 5.78. The Bertz CT molecular complexity index is 275. The summed E-state index contributed by atoms with van der Waals surface area (Å²) in [6.45, 7) is 1.74. The van der Waals surface area contributed by atoms with E-state index in [0.717, 1.165) is 0 Å². The van der Waals surface area contributed by atoms with E-state index in [1.807, 2.05) is 0 Å². The van der Waals surface area contributed by atoms with Gasteiger partial charge in [0, 0.05) is 11.6 Å². The first-order valence-corrected chi connectivity index (χ1v) is 4.29. The second kappa shape index (κ2) is 4.23. The zero-order chi connectivity index (χ0) is 9.84. The van der Waals surface area contributed by atoms with E-state index in [4.69, 9.17) is 5.73 Å². The highest BCUT2D eigenvalue weighted by Crippen LogP contribution is 2.29. The van der Waals surface area contributed by atoms with E-state index in [1.165, 1.54) is 6.07 Å². The van der Waals surface area contributed by atoms with Gasteiger partial charge in [-0.1, -0.05) is 18.2 Å². The number of phenolic OH excluding ortho intramolecular Hbond substituents is 1. The highest BCUT2D eigenvalue weighted by atomic mass is 19.1. The summed E-state index contributed by atoms with van der Waals surface area (Å²) in [5.74, 6) is -0.00403. The zero-order valence-electron chi connectivity index (χ0n) is 7.57. The van der Waals surface area contributed by atoms with Crippen LogP contribution in [0.1, 0.15) is 25.1 Å². The minimum atomic E-state index is -1.18. The topological polar surface area (TPSA) is 46.2 Å². The van der Waals surface area contributed by atoms with E-state index >= 15 is 0 Å². The molecule has 1 aromatic carbocycles. The van der Waals surface area contributed by atoms with E-state index in [-0.39, 0.29) is 18.2 Å². The van der Waals surface area contributed by atoms with Crippen molar-refractivity contribution in [2.24, 2.45) is 5.73 Å². The van der Waals surface area contributed by atoms with Gasteiger partial charge in [-0.25, -0.2) is 4.39 Å². The van der Waals surface area contributed by atoms with Gasteiger partial charge in [-0.2, -0.15) is 0 Å². The number of hydrogen-bond acceptors (Lipinski definition) is 2. The smallest absolute Gasteiger partial charge is 0.130 e. The highest BCUT2D eigenvalue weighted by Gasteiger charge is 2.14. The fraction of sp³-hybridized carbons (Fsp3) is 0.400. The zero-order valence-corrected chi connectivity index (χ0v) is 7.57. The molecule has 1 rings (SSSR count). The molecule has 0 radical (unpaired) electrons. The van der Waals surface area contributed by atoms with Crippen LogP contribution in [0.5, 0.6) is 5.75 Å². The molecule has 0 spiro atoms. The molecule has 0 heterocycles. The van der Waals surface area contributed by atoms with Crippen molar-refractivity contribution in [3.8, 4) is 5.75 Å². The number of rotatable bonds is 3. The van der Waals surface area contributed by atoms with Crippen molar-refractivity contribution in [3.05, 3.63) is 29.8 Å². The second-order valence-electron chi connectivity index (χ2n) is 3.24. The Morgan fingerprint density at radius 1 is 1.46 bits per heavy atom. The van der Waals surface area contributed by atoms with Crippen LogP contribution in [0.25, 0.3) is 0 Å². The summed E-state index contributed by atoms with van der Waals surface area (Å²) in [6, 6.07) is 6.21. The van der Waals surface area contributed by atoms with Crippen molar-refractivity contribution < 1.29 is 9.50 Å². The van der Waals surface area contributed by atoms with Crippen LogP contribution >= 0.6 is 0 Å². The lowest BCUT2D eigenvalue weighted by Crippen LogP contribution is -2.17. The second-order valence-corrected chi connectivity index (χ2v) is 3.24. The first-order valence-electron chi connectivity index (χ1n) is 4.29. The van der Waals surface area contributed by atoms with Gasteiger partial charge in [0.15, 0.2) is 0 Å². The van der Waals surface area contributed by atoms with Gasteiger partial charge in [0.1, 0.15) is 11.9 Å². The molecule has 2 unspecified atom stereocenters. The van der Waals surface area contributed by atoms with Crippen LogP contribution in [0, 0.1) is 0 Å². The van der Waals surface area contributed by atoms with Gasteiger partial charge < -0.3 is 10.8 Å². The molecule has 0 saturated carbocycles. The third-order valence-corrected chi connectivity index (χ3v) is 1.85. The molecule has 0 aliphatic carbocycles. The van der Waals surface area contributed by atoms with Crippen LogP contribution in [0.3, 0.4) is 0 Å². The number of benzene rings is 1. The Kier molecular flexibility index (Phi) is 3.25. The molecule has 3 heteroatoms. The molecule has 72 valence electrons. The molecule has 1 aromatic rings. The van der Waals surface area contributed by atoms with E-state index in [2.05, 4.69) is 0 Å². The molecule has 0 saturated heterocycles. The number of para-hydroxylation sites is 1. The summed E-state index contributed by atoms with van der Waals surface area (Å²) in [7, 11) is 0. The number of aromatic hydroxyl groups is 1. The lowest BCUT2D eigenvalue weighted by atomic mass is 10.0. The van der Waals surface area contributed by atoms with E-state index in [0.29, 0.717) is 5.56 Å². The average Bonchev–Trinajstić information content (AvgIpc) is 2.03. The molecule has 0 amide bonds. The maximum absolute atomic E-state index is 13.4. The molecule has 0 aliphatic heterocycles. The fourth-order valence-corrected chi connectivity index (χ4v) is 1.21. The van der Waals surface area contributed by atoms with Crippen LogP contribution in [0.15, 0.2) is 24.3 Å². The van der Waals surface area contributed by atoms with Crippen molar-refractivity contribution in [1.82, 2.24) is 0 Å². The molecule has 2 nitrogen and oxygen atoms in total. The predicted molar refractivity (Wildman–Crippen MR) is 50.2 cm³/mol. The van der Waals surface area contributed by atoms with Crippen LogP contribution in [0.4, 0.5) is 4.39 Å². The van der Waals surface area contributed by atoms with Crippen LogP contribution in [-0.4, -0.2) is 11.1 Å². The number of hydrogen-bond donors (Lipinski definition) is 2. The maximum atomic E-state index is 13.4. The van der Waals surface area contributed by atoms with Crippen molar-refractivity contribution >= 4 is 0 Å². The summed E-state index contributed by atoms with van der Waals surface area (Å²) < 4.78 is 13.4. The monoisotopic (exact) mass is 183 g/mol. The minimum Gasteiger partial charge on any atom is -0.508 e. The predicted octanol–water partition coefficient (Wildman–Crippen LogP) is 2.14. The summed E-state index contributed by atoms with van der Waals surface area (Å²) >= 11 is 0. The Morgan fingerprint density at radius 2 is 2.08 bits per heavy atom. The van der Waals surface area contributed by atoms with Crippen molar-refractivity contribution in [2.45, 2.75) is 25.6 Å². The third kappa shape index (κ3) is 2.70. The average molecular weight is 183 g/mol. The number of nitrogens with two attached hydrogens (primary N) is 1. The van der Waals surface area contributed by atoms with Crippen LogP contribution < -0.4 is 5.73 Å². The summed E-state index contributed by atoms with van der Waals surface area (Å²) in [5, 5.41) is 9.31. The number of alkyl halides is 1. The fourth-order valence-electron chi connectivity index (χ4n) is 1.21. The molecular weight excluding hydrogens is 169 g/mol. The van der Waals surface area contributed by atoms with Crippen LogP contribution in [-0.2, 0) is 0 Å². The molecular formula is C10H14FNO. The standard InChI is InChI=1S/C10H14FNO/c1-7(12)6-9(11)8-4-2-3-5-10(8)13/h2-5,7,9,13H,6,12H2,1H3. The van der Waals surface area contributed by atoms with E-state index < -0.39 is 6.17 Å². The number of halogens is 1. The lowest BCUT2D eigenvalue weighted by molar-refractivity contribution is 0.297. The minimum absolute atomic E-state index is 0.00403. The van der Waals surface area contributed by atoms with Gasteiger partial charge in [0.2, 0.25) is 0 Å². The normalized spacial score (nSPS) is 15.3. The molecule has 0 aromatic heterocycles. The SMILES string of the molecule is CC(N)CC(F)c1ccccc1O. The summed E-state index contributed by atoms with van der Waals surface area (Å²) in [6.07, 6.45) is -0.946. The maximum Gasteiger partial charge on any atom is 0.130 e. The quantitative estimate of drug-likeness (QED) is 0.754. The van der Waals surface area contributed by atoms with Gasteiger partial charge in [0.05, 0.1) is 0 Å². The van der Waals surface area contributed by atoms with Gasteiger partial charge in [0.25, 0.3) is 0 Å². The molecule has 2 atom stereocenters. The first-order chi connectivity index (χ1) is 6.11.